The van der Waals surface area contributed by atoms with Crippen LogP contribution in [0, 0.1) is 0 Å². The van der Waals surface area contributed by atoms with E-state index in [1.807, 2.05) is 18.2 Å². The lowest BCUT2D eigenvalue weighted by atomic mass is 10.1. The zero-order chi connectivity index (χ0) is 26.9. The molecule has 0 fully saturated rings. The van der Waals surface area contributed by atoms with Crippen molar-refractivity contribution in [1.82, 2.24) is 4.98 Å². The Hall–Kier alpha value is -5.12. The van der Waals surface area contributed by atoms with E-state index in [1.165, 1.54) is 18.2 Å². The molecule has 1 aliphatic heterocycles. The minimum atomic E-state index is -4.54. The van der Waals surface area contributed by atoms with Crippen LogP contribution in [0.5, 0.6) is 0 Å². The van der Waals surface area contributed by atoms with E-state index in [4.69, 9.17) is 5.73 Å². The number of aliphatic imine (C=N–C) groups is 1. The van der Waals surface area contributed by atoms with Crippen molar-refractivity contribution in [1.29, 1.82) is 0 Å². The molecule has 5 rings (SSSR count). The second-order valence-corrected chi connectivity index (χ2v) is 8.48. The second kappa shape index (κ2) is 9.74. The van der Waals surface area contributed by atoms with Crippen LogP contribution in [-0.2, 0) is 11.0 Å². The van der Waals surface area contributed by atoms with Crippen molar-refractivity contribution in [2.75, 3.05) is 10.6 Å². The van der Waals surface area contributed by atoms with E-state index < -0.39 is 17.6 Å². The summed E-state index contributed by atoms with van der Waals surface area (Å²) < 4.78 is 39.0. The fraction of sp³-hybridized carbons (Fsp3) is 0.0357. The van der Waals surface area contributed by atoms with Crippen molar-refractivity contribution in [2.45, 2.75) is 6.18 Å². The molecule has 0 radical (unpaired) electrons. The largest absolute Gasteiger partial charge is 0.416 e. The number of fused-ring (bicyclic) bond motifs is 1. The lowest BCUT2D eigenvalue weighted by Crippen LogP contribution is -2.17. The molecule has 0 unspecified atom stereocenters. The van der Waals surface area contributed by atoms with Gasteiger partial charge in [0, 0.05) is 40.0 Å². The zero-order valence-electron chi connectivity index (χ0n) is 19.6. The number of carbonyl (C=O) groups is 2. The van der Waals surface area contributed by atoms with Gasteiger partial charge in [-0.1, -0.05) is 24.3 Å². The number of aromatic amines is 1. The van der Waals surface area contributed by atoms with Crippen molar-refractivity contribution in [3.05, 3.63) is 113 Å². The number of rotatable bonds is 5. The Balaban J connectivity index is 1.34. The van der Waals surface area contributed by atoms with E-state index in [0.717, 1.165) is 23.4 Å². The molecule has 10 heteroatoms. The third-order valence-electron chi connectivity index (χ3n) is 5.83. The molecule has 0 saturated carbocycles. The summed E-state index contributed by atoms with van der Waals surface area (Å²) in [6, 6.07) is 19.9. The number of benzene rings is 3. The number of nitrogens with one attached hydrogen (secondary N) is 3. The number of nitrogens with zero attached hydrogens (tertiary/aromatic N) is 1. The molecule has 2 heterocycles. The first-order valence-corrected chi connectivity index (χ1v) is 11.4. The number of carbonyl (C=O) groups excluding carboxylic acids is 2. The van der Waals surface area contributed by atoms with E-state index in [-0.39, 0.29) is 22.9 Å². The molecule has 38 heavy (non-hydrogen) atoms. The van der Waals surface area contributed by atoms with Gasteiger partial charge in [0.1, 0.15) is 5.84 Å². The maximum Gasteiger partial charge on any atom is 0.416 e. The number of H-pyrrole nitrogens is 1. The Morgan fingerprint density at radius 2 is 1.68 bits per heavy atom. The van der Waals surface area contributed by atoms with Crippen molar-refractivity contribution in [3.8, 4) is 0 Å². The summed E-state index contributed by atoms with van der Waals surface area (Å²) >= 11 is 0. The normalized spacial score (nSPS) is 14.3. The average molecular weight is 515 g/mol. The smallest absolute Gasteiger partial charge is 0.383 e. The van der Waals surface area contributed by atoms with Crippen LogP contribution < -0.4 is 16.4 Å². The zero-order valence-corrected chi connectivity index (χ0v) is 19.6. The first-order valence-electron chi connectivity index (χ1n) is 11.4. The number of nitrogens with two attached hydrogens (primary N) is 1. The molecule has 5 N–H and O–H groups in total. The van der Waals surface area contributed by atoms with Gasteiger partial charge in [-0.05, 0) is 60.7 Å². The maximum atomic E-state index is 13.0. The van der Waals surface area contributed by atoms with Gasteiger partial charge < -0.3 is 21.4 Å². The molecule has 2 amide bonds. The molecule has 0 atom stereocenters. The van der Waals surface area contributed by atoms with Crippen LogP contribution >= 0.6 is 0 Å². The van der Waals surface area contributed by atoms with Crippen molar-refractivity contribution in [2.24, 2.45) is 10.7 Å². The minimum Gasteiger partial charge on any atom is -0.383 e. The number of hydrogen-bond acceptors (Lipinski definition) is 3. The lowest BCUT2D eigenvalue weighted by Gasteiger charge is -2.10. The average Bonchev–Trinajstić information content (AvgIpc) is 3.51. The number of halogens is 3. The second-order valence-electron chi connectivity index (χ2n) is 8.48. The summed E-state index contributed by atoms with van der Waals surface area (Å²) in [7, 11) is 0. The summed E-state index contributed by atoms with van der Waals surface area (Å²) in [6.45, 7) is 0. The Labute approximate surface area is 214 Å². The summed E-state index contributed by atoms with van der Waals surface area (Å²) in [5.41, 5.74) is 9.11. The number of alkyl halides is 3. The summed E-state index contributed by atoms with van der Waals surface area (Å²) in [6.07, 6.45) is -0.993. The van der Waals surface area contributed by atoms with Crippen LogP contribution in [0.15, 0.2) is 90.1 Å². The number of hydrogen-bond donors (Lipinski definition) is 4. The molecular weight excluding hydrogens is 495 g/mol. The molecule has 0 spiro atoms. The third-order valence-corrected chi connectivity index (χ3v) is 5.83. The van der Waals surface area contributed by atoms with E-state index >= 15 is 0 Å². The first-order chi connectivity index (χ1) is 18.2. The molecule has 0 aliphatic carbocycles. The number of anilines is 3. The predicted octanol–water partition coefficient (Wildman–Crippen LogP) is 5.82. The highest BCUT2D eigenvalue weighted by Gasteiger charge is 2.30. The van der Waals surface area contributed by atoms with Gasteiger partial charge in [0.25, 0.3) is 11.8 Å². The molecule has 0 saturated heterocycles. The predicted molar refractivity (Wildman–Crippen MR) is 140 cm³/mol. The van der Waals surface area contributed by atoms with Crippen LogP contribution in [0.1, 0.15) is 32.7 Å². The van der Waals surface area contributed by atoms with Gasteiger partial charge in [0.15, 0.2) is 0 Å². The lowest BCUT2D eigenvalue weighted by molar-refractivity contribution is -0.137. The first kappa shape index (κ1) is 24.6. The highest BCUT2D eigenvalue weighted by atomic mass is 19.4. The molecule has 4 aromatic rings. The van der Waals surface area contributed by atoms with Gasteiger partial charge in [0.05, 0.1) is 16.8 Å². The molecule has 190 valence electrons. The Morgan fingerprint density at radius 1 is 0.921 bits per heavy atom. The van der Waals surface area contributed by atoms with Crippen LogP contribution in [-0.4, -0.2) is 22.6 Å². The quantitative estimate of drug-likeness (QED) is 0.153. The van der Waals surface area contributed by atoms with Crippen molar-refractivity contribution < 1.29 is 22.8 Å². The highest BCUT2D eigenvalue weighted by Crippen LogP contribution is 2.35. The van der Waals surface area contributed by atoms with Crippen molar-refractivity contribution >= 4 is 46.4 Å². The molecular formula is C28H20F3N5O2. The van der Waals surface area contributed by atoms with Gasteiger partial charge in [-0.2, -0.15) is 18.2 Å². The van der Waals surface area contributed by atoms with Gasteiger partial charge in [0.2, 0.25) is 0 Å². The fourth-order valence-electron chi connectivity index (χ4n) is 4.00. The highest BCUT2D eigenvalue weighted by molar-refractivity contribution is 6.35. The summed E-state index contributed by atoms with van der Waals surface area (Å²) in [5, 5.41) is 6.03. The molecule has 7 nitrogen and oxygen atoms in total. The van der Waals surface area contributed by atoms with E-state index in [1.54, 1.807) is 42.6 Å². The SMILES string of the molecule is NC(=NC(=O)c1cccc(Nc2ccc3c(c2)NC(=O)/C3=C\c2ccc[nH]2)c1)c1cccc(C(F)(F)F)c1. The number of amidine groups is 1. The van der Waals surface area contributed by atoms with Gasteiger partial charge in [-0.15, -0.1) is 0 Å². The fourth-order valence-corrected chi connectivity index (χ4v) is 4.00. The Kier molecular flexibility index (Phi) is 6.29. The molecule has 1 aromatic heterocycles. The number of aromatic nitrogens is 1. The monoisotopic (exact) mass is 515 g/mol. The minimum absolute atomic E-state index is 0.00710. The Morgan fingerprint density at radius 3 is 2.45 bits per heavy atom. The van der Waals surface area contributed by atoms with Crippen LogP contribution in [0.25, 0.3) is 11.6 Å². The third kappa shape index (κ3) is 5.19. The van der Waals surface area contributed by atoms with Gasteiger partial charge in [-0.3, -0.25) is 9.59 Å². The standard InChI is InChI=1S/C28H20F3N5O2/c29-28(30,31)18-6-1-4-16(12-18)25(32)36-26(37)17-5-2-7-20(13-17)34-21-9-10-22-23(14-19-8-3-11-33-19)27(38)35-24(22)15-21/h1-15,33-34H,(H,35,38)(H2,32,36,37)/b23-14-. The van der Waals surface area contributed by atoms with Crippen LogP contribution in [0.3, 0.4) is 0 Å². The van der Waals surface area contributed by atoms with E-state index in [9.17, 15) is 22.8 Å². The molecule has 0 bridgehead atoms. The Bertz CT molecular complexity index is 1600. The maximum absolute atomic E-state index is 13.0. The molecule has 3 aromatic carbocycles. The van der Waals surface area contributed by atoms with Crippen LogP contribution in [0.4, 0.5) is 30.2 Å². The van der Waals surface area contributed by atoms with Crippen molar-refractivity contribution in [3.63, 3.8) is 0 Å². The van der Waals surface area contributed by atoms with Gasteiger partial charge >= 0.3 is 6.18 Å². The summed E-state index contributed by atoms with van der Waals surface area (Å²) in [5.74, 6) is -1.24. The van der Waals surface area contributed by atoms with E-state index in [0.29, 0.717) is 22.6 Å². The van der Waals surface area contributed by atoms with Gasteiger partial charge in [-0.25, -0.2) is 0 Å². The topological polar surface area (TPSA) is 112 Å². The molecule has 1 aliphatic rings. The summed E-state index contributed by atoms with van der Waals surface area (Å²) in [4.78, 5) is 32.0. The van der Waals surface area contributed by atoms with Crippen LogP contribution in [0.2, 0.25) is 0 Å². The van der Waals surface area contributed by atoms with E-state index in [2.05, 4.69) is 20.6 Å². The number of amides is 2.